The van der Waals surface area contributed by atoms with E-state index in [1.165, 1.54) is 13.8 Å². The molecule has 1 amide bonds. The van der Waals surface area contributed by atoms with Gasteiger partial charge < -0.3 is 9.57 Å². The molecule has 150 valence electrons. The maximum Gasteiger partial charge on any atom is 0.330 e. The maximum absolute atomic E-state index is 12.0. The third-order valence-electron chi connectivity index (χ3n) is 4.97. The van der Waals surface area contributed by atoms with Gasteiger partial charge in [0.1, 0.15) is 5.75 Å². The zero-order chi connectivity index (χ0) is 21.3. The van der Waals surface area contributed by atoms with Crippen LogP contribution < -0.4 is 9.80 Å². The molecule has 0 unspecified atom stereocenters. The largest absolute Gasteiger partial charge is 0.497 e. The lowest BCUT2D eigenvalue weighted by molar-refractivity contribution is -0.147. The first-order valence-corrected chi connectivity index (χ1v) is 9.57. The Hall–Kier alpha value is -3.86. The second-order valence-electron chi connectivity index (χ2n) is 7.00. The fourth-order valence-corrected chi connectivity index (χ4v) is 3.66. The second-order valence-corrected chi connectivity index (χ2v) is 7.00. The van der Waals surface area contributed by atoms with Crippen molar-refractivity contribution in [1.29, 1.82) is 0 Å². The van der Waals surface area contributed by atoms with Gasteiger partial charge in [-0.15, -0.1) is 5.06 Å². The van der Waals surface area contributed by atoms with Crippen molar-refractivity contribution in [1.82, 2.24) is 0 Å². The lowest BCUT2D eigenvalue weighted by Gasteiger charge is -2.19. The van der Waals surface area contributed by atoms with Crippen LogP contribution in [0.25, 0.3) is 22.8 Å². The summed E-state index contributed by atoms with van der Waals surface area (Å²) in [5.74, 6) is -0.111. The quantitative estimate of drug-likeness (QED) is 0.450. The first-order valence-electron chi connectivity index (χ1n) is 9.57. The van der Waals surface area contributed by atoms with Gasteiger partial charge in [-0.1, -0.05) is 42.5 Å². The van der Waals surface area contributed by atoms with Crippen molar-refractivity contribution in [2.45, 2.75) is 13.8 Å². The van der Waals surface area contributed by atoms with Gasteiger partial charge in [0.25, 0.3) is 5.91 Å². The number of benzene rings is 3. The van der Waals surface area contributed by atoms with E-state index in [0.29, 0.717) is 5.69 Å². The topological polar surface area (TPSA) is 55.8 Å². The minimum atomic E-state index is -0.550. The summed E-state index contributed by atoms with van der Waals surface area (Å²) in [6.07, 6.45) is 2.14. The number of carbonyl (C=O) groups is 2. The van der Waals surface area contributed by atoms with Crippen molar-refractivity contribution in [3.05, 3.63) is 83.4 Å². The summed E-state index contributed by atoms with van der Waals surface area (Å²) in [7, 11) is 1.65. The van der Waals surface area contributed by atoms with E-state index >= 15 is 0 Å². The van der Waals surface area contributed by atoms with Crippen LogP contribution in [0.5, 0.6) is 5.75 Å². The van der Waals surface area contributed by atoms with E-state index in [9.17, 15) is 9.59 Å². The first-order chi connectivity index (χ1) is 14.5. The van der Waals surface area contributed by atoms with Crippen LogP contribution in [0.2, 0.25) is 0 Å². The number of methoxy groups -OCH3 is 1. The Labute approximate surface area is 175 Å². The molecule has 0 fully saturated rings. The van der Waals surface area contributed by atoms with Crippen LogP contribution >= 0.6 is 0 Å². The molecule has 3 aromatic rings. The molecule has 5 heteroatoms. The van der Waals surface area contributed by atoms with Gasteiger partial charge in [-0.25, -0.2) is 4.79 Å². The van der Waals surface area contributed by atoms with Crippen LogP contribution in [0.4, 0.5) is 5.69 Å². The van der Waals surface area contributed by atoms with Crippen molar-refractivity contribution < 1.29 is 19.2 Å². The smallest absolute Gasteiger partial charge is 0.330 e. The molecule has 0 spiro atoms. The average molecular weight is 399 g/mol. The van der Waals surface area contributed by atoms with E-state index in [0.717, 1.165) is 44.2 Å². The molecule has 0 bridgehead atoms. The molecular weight excluding hydrogens is 378 g/mol. The molecule has 30 heavy (non-hydrogen) atoms. The average Bonchev–Trinajstić information content (AvgIpc) is 3.05. The Bertz CT molecular complexity index is 1160. The highest BCUT2D eigenvalue weighted by molar-refractivity contribution is 6.07. The monoisotopic (exact) mass is 399 g/mol. The van der Waals surface area contributed by atoms with Crippen molar-refractivity contribution in [2.75, 3.05) is 12.2 Å². The molecule has 0 aliphatic heterocycles. The highest BCUT2D eigenvalue weighted by Gasteiger charge is 2.25. The Balaban J connectivity index is 1.83. The van der Waals surface area contributed by atoms with Crippen LogP contribution in [0, 0.1) is 0 Å². The molecule has 5 nitrogen and oxygen atoms in total. The zero-order valence-electron chi connectivity index (χ0n) is 17.0. The predicted molar refractivity (Wildman–Crippen MR) is 117 cm³/mol. The zero-order valence-corrected chi connectivity index (χ0v) is 17.0. The molecule has 4 rings (SSSR count). The van der Waals surface area contributed by atoms with Crippen LogP contribution in [0.1, 0.15) is 30.5 Å². The van der Waals surface area contributed by atoms with Gasteiger partial charge in [0.15, 0.2) is 0 Å². The Morgan fingerprint density at radius 3 is 2.13 bits per heavy atom. The number of anilines is 1. The van der Waals surface area contributed by atoms with Crippen LogP contribution in [-0.2, 0) is 14.4 Å². The van der Waals surface area contributed by atoms with Gasteiger partial charge >= 0.3 is 5.97 Å². The standard InChI is InChI=1S/C25H21NO4/c1-16(27)26(30-17(2)28)19-10-13-23-24(14-18-8-11-20(29-3)12-9-18)21-6-4-5-7-22(21)25(23)15-19/h4-15H,1-3H3/b24-14+. The fourth-order valence-electron chi connectivity index (χ4n) is 3.66. The first kappa shape index (κ1) is 19.5. The number of ether oxygens (including phenoxy) is 1. The number of hydrogen-bond donors (Lipinski definition) is 0. The Kier molecular flexibility index (Phi) is 5.11. The van der Waals surface area contributed by atoms with E-state index in [1.54, 1.807) is 13.2 Å². The Morgan fingerprint density at radius 1 is 0.833 bits per heavy atom. The lowest BCUT2D eigenvalue weighted by atomic mass is 10.0. The molecular formula is C25H21NO4. The third kappa shape index (κ3) is 3.57. The van der Waals surface area contributed by atoms with Crippen LogP contribution in [0.15, 0.2) is 66.7 Å². The number of fused-ring (bicyclic) bond motifs is 3. The number of carbonyl (C=O) groups excluding carboxylic acids is 2. The minimum Gasteiger partial charge on any atom is -0.497 e. The minimum absolute atomic E-state index is 0.370. The molecule has 0 saturated heterocycles. The summed E-state index contributed by atoms with van der Waals surface area (Å²) in [4.78, 5) is 28.5. The molecule has 0 heterocycles. The molecule has 0 aromatic heterocycles. The van der Waals surface area contributed by atoms with Gasteiger partial charge in [0, 0.05) is 13.8 Å². The molecule has 1 aliphatic carbocycles. The molecule has 0 N–H and O–H groups in total. The van der Waals surface area contributed by atoms with Crippen LogP contribution in [-0.4, -0.2) is 19.0 Å². The van der Waals surface area contributed by atoms with Crippen molar-refractivity contribution in [3.63, 3.8) is 0 Å². The van der Waals surface area contributed by atoms with Crippen molar-refractivity contribution in [2.24, 2.45) is 0 Å². The van der Waals surface area contributed by atoms with Gasteiger partial charge in [0.2, 0.25) is 0 Å². The highest BCUT2D eigenvalue weighted by Crippen LogP contribution is 2.46. The van der Waals surface area contributed by atoms with Crippen molar-refractivity contribution in [3.8, 4) is 16.9 Å². The summed E-state index contributed by atoms with van der Waals surface area (Å²) in [6.45, 7) is 2.63. The molecule has 0 radical (unpaired) electrons. The van der Waals surface area contributed by atoms with Crippen molar-refractivity contribution >= 4 is 29.2 Å². The summed E-state index contributed by atoms with van der Waals surface area (Å²) in [5.41, 5.74) is 6.89. The number of hydrogen-bond acceptors (Lipinski definition) is 4. The maximum atomic E-state index is 12.0. The van der Waals surface area contributed by atoms with Crippen LogP contribution in [0.3, 0.4) is 0 Å². The molecule has 0 atom stereocenters. The third-order valence-corrected chi connectivity index (χ3v) is 4.97. The number of amides is 1. The van der Waals surface area contributed by atoms with Gasteiger partial charge in [-0.3, -0.25) is 4.79 Å². The number of nitrogens with zero attached hydrogens (tertiary/aromatic N) is 1. The van der Waals surface area contributed by atoms with E-state index < -0.39 is 5.97 Å². The normalized spacial score (nSPS) is 12.8. The summed E-state index contributed by atoms with van der Waals surface area (Å²) < 4.78 is 5.25. The van der Waals surface area contributed by atoms with E-state index in [2.05, 4.69) is 18.2 Å². The number of hydroxylamine groups is 1. The second kappa shape index (κ2) is 7.87. The number of rotatable bonds is 3. The lowest BCUT2D eigenvalue weighted by Crippen LogP contribution is -2.30. The SMILES string of the molecule is COc1ccc(/C=C2\c3ccccc3-c3cc(N(OC(C)=O)C(C)=O)ccc32)cc1. The Morgan fingerprint density at radius 2 is 1.50 bits per heavy atom. The summed E-state index contributed by atoms with van der Waals surface area (Å²) in [5, 5.41) is 1.02. The van der Waals surface area contributed by atoms with Gasteiger partial charge in [-0.2, -0.15) is 0 Å². The summed E-state index contributed by atoms with van der Waals surface area (Å²) in [6, 6.07) is 21.6. The highest BCUT2D eigenvalue weighted by atomic mass is 16.7. The summed E-state index contributed by atoms with van der Waals surface area (Å²) >= 11 is 0. The van der Waals surface area contributed by atoms with Gasteiger partial charge in [0.05, 0.1) is 12.8 Å². The molecule has 3 aromatic carbocycles. The van der Waals surface area contributed by atoms with E-state index in [4.69, 9.17) is 9.57 Å². The molecule has 0 saturated carbocycles. The fraction of sp³-hybridized carbons (Fsp3) is 0.120. The molecule has 1 aliphatic rings. The van der Waals surface area contributed by atoms with Gasteiger partial charge in [-0.05, 0) is 63.7 Å². The van der Waals surface area contributed by atoms with E-state index in [-0.39, 0.29) is 5.91 Å². The van der Waals surface area contributed by atoms with E-state index in [1.807, 2.05) is 48.5 Å². The predicted octanol–water partition coefficient (Wildman–Crippen LogP) is 5.10.